The summed E-state index contributed by atoms with van der Waals surface area (Å²) >= 11 is 0. The first-order valence-electron chi connectivity index (χ1n) is 9.47. The molecule has 152 valence electrons. The fraction of sp³-hybridized carbons (Fsp3) is 0.200. The van der Waals surface area contributed by atoms with Gasteiger partial charge in [-0.3, -0.25) is 0 Å². The van der Waals surface area contributed by atoms with Gasteiger partial charge in [-0.25, -0.2) is 17.6 Å². The van der Waals surface area contributed by atoms with Crippen molar-refractivity contribution in [3.8, 4) is 11.1 Å². The van der Waals surface area contributed by atoms with Gasteiger partial charge in [0.15, 0.2) is 23.3 Å². The molecule has 0 unspecified atom stereocenters. The third kappa shape index (κ3) is 5.35. The van der Waals surface area contributed by atoms with Crippen molar-refractivity contribution in [3.05, 3.63) is 102 Å². The standard InChI is InChI=1S/C25H24F4/c1-4-7-8-9-10-19-15-16-21(25(29)23(19)27)18-13-11-17(12-14-18)20(5-2)24(28)22(26)6-3/h4-6,11-16H,1,3,7-10H2,2H3/b20-5-,24-22-. The summed E-state index contributed by atoms with van der Waals surface area (Å²) < 4.78 is 56.7. The van der Waals surface area contributed by atoms with Crippen LogP contribution in [0.4, 0.5) is 17.6 Å². The Morgan fingerprint density at radius 2 is 1.62 bits per heavy atom. The quantitative estimate of drug-likeness (QED) is 0.172. The van der Waals surface area contributed by atoms with Crippen LogP contribution in [0.3, 0.4) is 0 Å². The zero-order valence-corrected chi connectivity index (χ0v) is 16.5. The zero-order chi connectivity index (χ0) is 21.4. The average molecular weight is 400 g/mol. The minimum absolute atomic E-state index is 0.0653. The molecule has 0 aliphatic carbocycles. The van der Waals surface area contributed by atoms with Gasteiger partial charge in [-0.2, -0.15) is 0 Å². The molecular formula is C25H24F4. The lowest BCUT2D eigenvalue weighted by atomic mass is 9.97. The normalized spacial score (nSPS) is 12.5. The van der Waals surface area contributed by atoms with E-state index in [1.54, 1.807) is 49.4 Å². The van der Waals surface area contributed by atoms with E-state index >= 15 is 0 Å². The Hall–Kier alpha value is -2.88. The second kappa shape index (κ2) is 10.6. The summed E-state index contributed by atoms with van der Waals surface area (Å²) in [5, 5.41) is 0. The van der Waals surface area contributed by atoms with E-state index in [0.717, 1.165) is 25.3 Å². The first-order chi connectivity index (χ1) is 13.9. The topological polar surface area (TPSA) is 0 Å². The maximum atomic E-state index is 14.6. The van der Waals surface area contributed by atoms with Crippen molar-refractivity contribution in [2.45, 2.75) is 32.6 Å². The van der Waals surface area contributed by atoms with Crippen molar-refractivity contribution in [2.75, 3.05) is 0 Å². The summed E-state index contributed by atoms with van der Waals surface area (Å²) in [6, 6.07) is 9.33. The van der Waals surface area contributed by atoms with E-state index in [2.05, 4.69) is 13.2 Å². The molecule has 2 aromatic rings. The number of allylic oxidation sites excluding steroid dienone is 6. The Bertz CT molecular complexity index is 934. The van der Waals surface area contributed by atoms with Gasteiger partial charge in [0, 0.05) is 11.1 Å². The number of aryl methyl sites for hydroxylation is 1. The Balaban J connectivity index is 2.29. The van der Waals surface area contributed by atoms with Crippen LogP contribution in [0.2, 0.25) is 0 Å². The highest BCUT2D eigenvalue weighted by Crippen LogP contribution is 2.31. The van der Waals surface area contributed by atoms with Crippen molar-refractivity contribution < 1.29 is 17.6 Å². The predicted molar refractivity (Wildman–Crippen MR) is 113 cm³/mol. The van der Waals surface area contributed by atoms with Gasteiger partial charge in [-0.15, -0.1) is 6.58 Å². The third-order valence-electron chi connectivity index (χ3n) is 4.69. The second-order valence-electron chi connectivity index (χ2n) is 6.58. The van der Waals surface area contributed by atoms with Gasteiger partial charge in [0.25, 0.3) is 0 Å². The Morgan fingerprint density at radius 3 is 2.21 bits per heavy atom. The summed E-state index contributed by atoms with van der Waals surface area (Å²) in [4.78, 5) is 0. The molecule has 29 heavy (non-hydrogen) atoms. The van der Waals surface area contributed by atoms with Crippen LogP contribution >= 0.6 is 0 Å². The van der Waals surface area contributed by atoms with Crippen LogP contribution in [0.25, 0.3) is 16.7 Å². The van der Waals surface area contributed by atoms with Gasteiger partial charge in [0.2, 0.25) is 0 Å². The van der Waals surface area contributed by atoms with E-state index in [0.29, 0.717) is 23.1 Å². The minimum atomic E-state index is -1.06. The maximum Gasteiger partial charge on any atom is 0.166 e. The molecule has 0 N–H and O–H groups in total. The zero-order valence-electron chi connectivity index (χ0n) is 16.5. The summed E-state index contributed by atoms with van der Waals surface area (Å²) in [5.74, 6) is -3.83. The molecule has 0 heterocycles. The van der Waals surface area contributed by atoms with Crippen LogP contribution in [0, 0.1) is 11.6 Å². The van der Waals surface area contributed by atoms with Crippen LogP contribution in [-0.4, -0.2) is 0 Å². The molecule has 2 rings (SSSR count). The maximum absolute atomic E-state index is 14.6. The lowest BCUT2D eigenvalue weighted by Crippen LogP contribution is -1.98. The van der Waals surface area contributed by atoms with Gasteiger partial charge in [-0.1, -0.05) is 55.1 Å². The fourth-order valence-corrected chi connectivity index (χ4v) is 3.08. The molecule has 0 fully saturated rings. The number of hydrogen-bond donors (Lipinski definition) is 0. The molecule has 0 saturated carbocycles. The Kier molecular flexibility index (Phi) is 8.20. The van der Waals surface area contributed by atoms with E-state index < -0.39 is 23.3 Å². The van der Waals surface area contributed by atoms with Crippen molar-refractivity contribution in [1.82, 2.24) is 0 Å². The van der Waals surface area contributed by atoms with Crippen LogP contribution < -0.4 is 0 Å². The SMILES string of the molecule is C=CCCCCc1ccc(-c2ccc(C(=C/C)/C(F)=C(/F)C=C)cc2)c(F)c1F. The second-order valence-corrected chi connectivity index (χ2v) is 6.58. The van der Waals surface area contributed by atoms with Gasteiger partial charge in [0.05, 0.1) is 0 Å². The summed E-state index contributed by atoms with van der Waals surface area (Å²) in [7, 11) is 0. The molecule has 0 atom stereocenters. The molecule has 0 aliphatic rings. The van der Waals surface area contributed by atoms with Crippen LogP contribution in [0.1, 0.15) is 37.3 Å². The molecule has 0 radical (unpaired) electrons. The third-order valence-corrected chi connectivity index (χ3v) is 4.69. The average Bonchev–Trinajstić information content (AvgIpc) is 2.74. The van der Waals surface area contributed by atoms with E-state index in [-0.39, 0.29) is 11.1 Å². The predicted octanol–water partition coefficient (Wildman–Crippen LogP) is 8.27. The number of benzene rings is 2. The van der Waals surface area contributed by atoms with Crippen molar-refractivity contribution >= 4 is 5.57 Å². The lowest BCUT2D eigenvalue weighted by Gasteiger charge is -2.10. The lowest BCUT2D eigenvalue weighted by molar-refractivity contribution is 0.499. The first-order valence-corrected chi connectivity index (χ1v) is 9.47. The summed E-state index contributed by atoms with van der Waals surface area (Å²) in [6.07, 6.45) is 6.97. The highest BCUT2D eigenvalue weighted by molar-refractivity contribution is 5.79. The van der Waals surface area contributed by atoms with E-state index in [1.807, 2.05) is 0 Å². The van der Waals surface area contributed by atoms with Gasteiger partial charge < -0.3 is 0 Å². The molecule has 0 spiro atoms. The van der Waals surface area contributed by atoms with Gasteiger partial charge in [0.1, 0.15) is 0 Å². The molecule has 0 saturated heterocycles. The fourth-order valence-electron chi connectivity index (χ4n) is 3.08. The van der Waals surface area contributed by atoms with Gasteiger partial charge in [-0.05, 0) is 55.4 Å². The highest BCUT2D eigenvalue weighted by atomic mass is 19.2. The summed E-state index contributed by atoms with van der Waals surface area (Å²) in [6.45, 7) is 8.45. The molecule has 0 aromatic heterocycles. The molecule has 2 aromatic carbocycles. The Morgan fingerprint density at radius 1 is 0.931 bits per heavy atom. The van der Waals surface area contributed by atoms with Crippen LogP contribution in [0.5, 0.6) is 0 Å². The van der Waals surface area contributed by atoms with Crippen molar-refractivity contribution in [3.63, 3.8) is 0 Å². The van der Waals surface area contributed by atoms with Crippen molar-refractivity contribution in [1.29, 1.82) is 0 Å². The largest absolute Gasteiger partial charge is 0.204 e. The van der Waals surface area contributed by atoms with Crippen LogP contribution in [-0.2, 0) is 6.42 Å². The summed E-state index contributed by atoms with van der Waals surface area (Å²) in [5.41, 5.74) is 1.41. The Labute approximate surface area is 169 Å². The minimum Gasteiger partial charge on any atom is -0.204 e. The van der Waals surface area contributed by atoms with Gasteiger partial charge >= 0.3 is 0 Å². The number of unbranched alkanes of at least 4 members (excludes halogenated alkanes) is 2. The first kappa shape index (κ1) is 22.4. The van der Waals surface area contributed by atoms with Crippen molar-refractivity contribution in [2.24, 2.45) is 0 Å². The number of halogens is 4. The smallest absolute Gasteiger partial charge is 0.166 e. The monoisotopic (exact) mass is 400 g/mol. The van der Waals surface area contributed by atoms with E-state index in [4.69, 9.17) is 0 Å². The van der Waals surface area contributed by atoms with Crippen LogP contribution in [0.15, 0.2) is 79.4 Å². The number of hydrogen-bond acceptors (Lipinski definition) is 0. The molecule has 0 nitrogen and oxygen atoms in total. The highest BCUT2D eigenvalue weighted by Gasteiger charge is 2.16. The van der Waals surface area contributed by atoms with E-state index in [1.165, 1.54) is 6.08 Å². The number of rotatable bonds is 9. The molecule has 4 heteroatoms. The van der Waals surface area contributed by atoms with E-state index in [9.17, 15) is 17.6 Å². The molecular weight excluding hydrogens is 376 g/mol. The molecule has 0 amide bonds. The molecule has 0 bridgehead atoms. The molecule has 0 aliphatic heterocycles.